The molecule has 0 aromatic heterocycles. The van der Waals surface area contributed by atoms with E-state index < -0.39 is 0 Å². The Labute approximate surface area is 94.2 Å². The summed E-state index contributed by atoms with van der Waals surface area (Å²) in [5, 5.41) is 2.77. The lowest BCUT2D eigenvalue weighted by atomic mass is 10.0. The first-order chi connectivity index (χ1) is 6.76. The lowest BCUT2D eigenvalue weighted by Crippen LogP contribution is -2.04. The van der Waals surface area contributed by atoms with Crippen LogP contribution in [-0.2, 0) is 17.8 Å². The van der Waals surface area contributed by atoms with Crippen molar-refractivity contribution in [2.75, 3.05) is 12.4 Å². The average Bonchev–Trinajstić information content (AvgIpc) is 2.57. The van der Waals surface area contributed by atoms with Crippen molar-refractivity contribution >= 4 is 24.0 Å². The van der Waals surface area contributed by atoms with Crippen molar-refractivity contribution in [1.82, 2.24) is 0 Å². The maximum absolute atomic E-state index is 11.2. The van der Waals surface area contributed by atoms with Crippen molar-refractivity contribution in [2.45, 2.75) is 13.0 Å². The Bertz CT molecular complexity index is 358. The quantitative estimate of drug-likeness (QED) is 0.796. The zero-order valence-electron chi connectivity index (χ0n) is 8.37. The van der Waals surface area contributed by atoms with Crippen LogP contribution in [-0.4, -0.2) is 13.0 Å². The monoisotopic (exact) mass is 228 g/mol. The molecule has 1 aliphatic heterocycles. The van der Waals surface area contributed by atoms with Crippen LogP contribution in [0.3, 0.4) is 0 Å². The van der Waals surface area contributed by atoms with E-state index in [1.807, 2.05) is 12.1 Å². The summed E-state index contributed by atoms with van der Waals surface area (Å²) < 4.78 is 5.15. The Kier molecular flexibility index (Phi) is 3.55. The van der Waals surface area contributed by atoms with Gasteiger partial charge in [-0.2, -0.15) is 0 Å². The van der Waals surface area contributed by atoms with Gasteiger partial charge in [-0.3, -0.25) is 4.79 Å². The van der Waals surface area contributed by atoms with Crippen molar-refractivity contribution in [3.63, 3.8) is 0 Å². The topological polar surface area (TPSA) is 64.3 Å². The summed E-state index contributed by atoms with van der Waals surface area (Å²) in [6.07, 6.45) is 0.402. The molecule has 0 saturated heterocycles. The molecule has 1 aliphatic rings. The highest BCUT2D eigenvalue weighted by Crippen LogP contribution is 2.35. The van der Waals surface area contributed by atoms with Gasteiger partial charge < -0.3 is 15.8 Å². The Balaban J connectivity index is 0.00000112. The first-order valence-electron chi connectivity index (χ1n) is 4.45. The van der Waals surface area contributed by atoms with Crippen molar-refractivity contribution in [2.24, 2.45) is 5.73 Å². The minimum Gasteiger partial charge on any atom is -0.495 e. The highest BCUT2D eigenvalue weighted by Gasteiger charge is 2.23. The predicted molar refractivity (Wildman–Crippen MR) is 60.5 cm³/mol. The lowest BCUT2D eigenvalue weighted by Gasteiger charge is -2.09. The number of benzene rings is 1. The molecule has 1 heterocycles. The fraction of sp³-hybridized carbons (Fsp3) is 0.300. The Morgan fingerprint density at radius 1 is 1.53 bits per heavy atom. The van der Waals surface area contributed by atoms with Gasteiger partial charge in [0.2, 0.25) is 5.91 Å². The molecular formula is C10H13ClN2O2. The number of methoxy groups -OCH3 is 1. The van der Waals surface area contributed by atoms with Crippen LogP contribution in [0.2, 0.25) is 0 Å². The number of carbonyl (C=O) groups excluding carboxylic acids is 1. The minimum atomic E-state index is -0.000741. The van der Waals surface area contributed by atoms with E-state index in [1.165, 1.54) is 0 Å². The van der Waals surface area contributed by atoms with E-state index in [9.17, 15) is 4.79 Å². The Morgan fingerprint density at radius 3 is 2.87 bits per heavy atom. The van der Waals surface area contributed by atoms with Crippen molar-refractivity contribution in [3.05, 3.63) is 23.3 Å². The Morgan fingerprint density at radius 2 is 2.27 bits per heavy atom. The zero-order valence-corrected chi connectivity index (χ0v) is 9.19. The second kappa shape index (κ2) is 4.51. The van der Waals surface area contributed by atoms with Gasteiger partial charge in [-0.15, -0.1) is 12.4 Å². The molecule has 3 N–H and O–H groups in total. The average molecular weight is 229 g/mol. The van der Waals surface area contributed by atoms with Gasteiger partial charge in [0, 0.05) is 6.54 Å². The first-order valence-corrected chi connectivity index (χ1v) is 4.45. The highest BCUT2D eigenvalue weighted by atomic mass is 35.5. The summed E-state index contributed by atoms with van der Waals surface area (Å²) >= 11 is 0. The number of carbonyl (C=O) groups is 1. The maximum atomic E-state index is 11.2. The second-order valence-corrected chi connectivity index (χ2v) is 3.21. The SMILES string of the molecule is COc1ccc(CN)c2c1NC(=O)C2.Cl. The van der Waals surface area contributed by atoms with E-state index in [1.54, 1.807) is 7.11 Å². The van der Waals surface area contributed by atoms with Crippen molar-refractivity contribution in [3.8, 4) is 5.75 Å². The molecule has 0 aliphatic carbocycles. The van der Waals surface area contributed by atoms with Gasteiger partial charge in [0.25, 0.3) is 0 Å². The van der Waals surface area contributed by atoms with Crippen LogP contribution < -0.4 is 15.8 Å². The molecule has 2 rings (SSSR count). The largest absolute Gasteiger partial charge is 0.495 e. The number of nitrogens with one attached hydrogen (secondary N) is 1. The molecule has 5 heteroatoms. The summed E-state index contributed by atoms with van der Waals surface area (Å²) in [5.41, 5.74) is 8.33. The third-order valence-corrected chi connectivity index (χ3v) is 2.41. The normalized spacial score (nSPS) is 12.8. The summed E-state index contributed by atoms with van der Waals surface area (Å²) in [6, 6.07) is 3.73. The number of hydrogen-bond acceptors (Lipinski definition) is 3. The summed E-state index contributed by atoms with van der Waals surface area (Å²) in [4.78, 5) is 11.2. The van der Waals surface area contributed by atoms with Crippen LogP contribution in [0.4, 0.5) is 5.69 Å². The third-order valence-electron chi connectivity index (χ3n) is 2.41. The van der Waals surface area contributed by atoms with Crippen molar-refractivity contribution < 1.29 is 9.53 Å². The number of fused-ring (bicyclic) bond motifs is 1. The van der Waals surface area contributed by atoms with Gasteiger partial charge in [-0.05, 0) is 17.2 Å². The number of anilines is 1. The number of ether oxygens (including phenoxy) is 1. The number of halogens is 1. The molecule has 0 unspecified atom stereocenters. The third kappa shape index (κ3) is 1.91. The predicted octanol–water partition coefficient (Wildman–Crippen LogP) is 1.07. The minimum absolute atomic E-state index is 0. The highest BCUT2D eigenvalue weighted by molar-refractivity contribution is 6.01. The van der Waals surface area contributed by atoms with Crippen LogP contribution in [0.5, 0.6) is 5.75 Å². The fourth-order valence-electron chi connectivity index (χ4n) is 1.71. The van der Waals surface area contributed by atoms with E-state index in [0.29, 0.717) is 18.7 Å². The number of rotatable bonds is 2. The summed E-state index contributed by atoms with van der Waals surface area (Å²) in [7, 11) is 1.59. The van der Waals surface area contributed by atoms with Crippen LogP contribution >= 0.6 is 12.4 Å². The molecule has 15 heavy (non-hydrogen) atoms. The first kappa shape index (κ1) is 11.8. The van der Waals surface area contributed by atoms with Gasteiger partial charge >= 0.3 is 0 Å². The molecule has 0 spiro atoms. The lowest BCUT2D eigenvalue weighted by molar-refractivity contribution is -0.115. The van der Waals surface area contributed by atoms with E-state index >= 15 is 0 Å². The van der Waals surface area contributed by atoms with Crippen LogP contribution in [0, 0.1) is 0 Å². The van der Waals surface area contributed by atoms with Gasteiger partial charge in [-0.1, -0.05) is 6.07 Å². The van der Waals surface area contributed by atoms with E-state index in [0.717, 1.165) is 16.8 Å². The number of hydrogen-bond donors (Lipinski definition) is 2. The molecule has 0 saturated carbocycles. The molecule has 1 aromatic carbocycles. The standard InChI is InChI=1S/C10H12N2O2.ClH/c1-14-8-3-2-6(5-11)7-4-9(13)12-10(7)8;/h2-3H,4-5,11H2,1H3,(H,12,13);1H. The van der Waals surface area contributed by atoms with E-state index in [2.05, 4.69) is 5.32 Å². The summed E-state index contributed by atoms with van der Waals surface area (Å²) in [6.45, 7) is 0.446. The molecule has 0 fully saturated rings. The zero-order chi connectivity index (χ0) is 10.1. The molecule has 4 nitrogen and oxygen atoms in total. The van der Waals surface area contributed by atoms with Gasteiger partial charge in [0.05, 0.1) is 19.2 Å². The number of amides is 1. The van der Waals surface area contributed by atoms with E-state index in [-0.39, 0.29) is 18.3 Å². The maximum Gasteiger partial charge on any atom is 0.228 e. The van der Waals surface area contributed by atoms with Gasteiger partial charge in [0.1, 0.15) is 5.75 Å². The molecule has 1 amide bonds. The molecular weight excluding hydrogens is 216 g/mol. The molecule has 0 radical (unpaired) electrons. The fourth-order valence-corrected chi connectivity index (χ4v) is 1.71. The number of nitrogens with two attached hydrogens (primary N) is 1. The molecule has 82 valence electrons. The second-order valence-electron chi connectivity index (χ2n) is 3.21. The Hall–Kier alpha value is -1.26. The molecule has 0 atom stereocenters. The van der Waals surface area contributed by atoms with E-state index in [4.69, 9.17) is 10.5 Å². The smallest absolute Gasteiger partial charge is 0.228 e. The van der Waals surface area contributed by atoms with Crippen molar-refractivity contribution in [1.29, 1.82) is 0 Å². The van der Waals surface area contributed by atoms with Gasteiger partial charge in [-0.25, -0.2) is 0 Å². The molecule has 0 bridgehead atoms. The van der Waals surface area contributed by atoms with Crippen LogP contribution in [0.1, 0.15) is 11.1 Å². The van der Waals surface area contributed by atoms with Gasteiger partial charge in [0.15, 0.2) is 0 Å². The van der Waals surface area contributed by atoms with Crippen LogP contribution in [0.15, 0.2) is 12.1 Å². The summed E-state index contributed by atoms with van der Waals surface area (Å²) in [5.74, 6) is 0.697. The van der Waals surface area contributed by atoms with Crippen LogP contribution in [0.25, 0.3) is 0 Å². The molecule has 1 aromatic rings.